The summed E-state index contributed by atoms with van der Waals surface area (Å²) in [6.45, 7) is 0. The molecule has 12 heavy (non-hydrogen) atoms. The second kappa shape index (κ2) is 2.99. The first-order valence-corrected chi connectivity index (χ1v) is 3.95. The van der Waals surface area contributed by atoms with E-state index in [1.807, 2.05) is 30.3 Å². The number of nitrogens with zero attached hydrogens (tertiary/aromatic N) is 2. The monoisotopic (exact) mass is 177 g/mol. The van der Waals surface area contributed by atoms with Crippen molar-refractivity contribution in [1.82, 2.24) is 5.43 Å². The fourth-order valence-electron chi connectivity index (χ4n) is 1.02. The number of hydrogen-bond acceptors (Lipinski definition) is 1. The van der Waals surface area contributed by atoms with Crippen LogP contribution >= 0.6 is 11.6 Å². The third-order valence-electron chi connectivity index (χ3n) is 1.58. The summed E-state index contributed by atoms with van der Waals surface area (Å²) in [6, 6.07) is 9.82. The van der Waals surface area contributed by atoms with Crippen molar-refractivity contribution in [2.24, 2.45) is 5.10 Å². The van der Waals surface area contributed by atoms with Gasteiger partial charge in [0.15, 0.2) is 5.17 Å². The molecular formula is C9H6ClN2. The number of allylic oxidation sites excluding steroid dienone is 1. The van der Waals surface area contributed by atoms with E-state index in [0.717, 1.165) is 11.3 Å². The Morgan fingerprint density at radius 1 is 1.08 bits per heavy atom. The maximum atomic E-state index is 5.64. The molecule has 0 fully saturated rings. The summed E-state index contributed by atoms with van der Waals surface area (Å²) in [7, 11) is 0. The molecular weight excluding hydrogens is 172 g/mol. The molecule has 1 aliphatic rings. The van der Waals surface area contributed by atoms with Gasteiger partial charge in [0.25, 0.3) is 0 Å². The van der Waals surface area contributed by atoms with E-state index < -0.39 is 0 Å². The highest BCUT2D eigenvalue weighted by Crippen LogP contribution is 2.16. The molecule has 0 aliphatic carbocycles. The molecule has 1 aliphatic heterocycles. The zero-order valence-electron chi connectivity index (χ0n) is 6.24. The van der Waals surface area contributed by atoms with Crippen LogP contribution in [0.25, 0.3) is 5.70 Å². The highest BCUT2D eigenvalue weighted by molar-refractivity contribution is 6.69. The molecule has 2 rings (SSSR count). The van der Waals surface area contributed by atoms with Crippen LogP contribution in [0.3, 0.4) is 0 Å². The molecule has 3 heteroatoms. The standard InChI is InChI=1S/C9H6ClN2/c10-9-6-8(11-12-9)7-4-2-1-3-5-7/h1-6H. The molecule has 0 saturated heterocycles. The predicted octanol–water partition coefficient (Wildman–Crippen LogP) is 2.20. The van der Waals surface area contributed by atoms with Crippen LogP contribution in [0.5, 0.6) is 0 Å². The lowest BCUT2D eigenvalue weighted by Gasteiger charge is -1.96. The maximum absolute atomic E-state index is 5.64. The lowest BCUT2D eigenvalue weighted by Crippen LogP contribution is -1.89. The molecule has 0 bridgehead atoms. The van der Waals surface area contributed by atoms with Gasteiger partial charge in [-0.25, -0.2) is 0 Å². The second-order valence-electron chi connectivity index (χ2n) is 2.42. The minimum atomic E-state index is 0.439. The first-order valence-electron chi connectivity index (χ1n) is 3.57. The number of halogens is 1. The van der Waals surface area contributed by atoms with Gasteiger partial charge in [0.2, 0.25) is 0 Å². The Labute approximate surface area is 75.5 Å². The molecule has 2 nitrogen and oxygen atoms in total. The van der Waals surface area contributed by atoms with Crippen LogP contribution in [0, 0.1) is 0 Å². The molecule has 1 aromatic carbocycles. The number of rotatable bonds is 1. The first kappa shape index (κ1) is 7.37. The summed E-state index contributed by atoms with van der Waals surface area (Å²) in [5.41, 5.74) is 5.76. The average molecular weight is 178 g/mol. The van der Waals surface area contributed by atoms with Crippen LogP contribution in [0.15, 0.2) is 41.5 Å². The predicted molar refractivity (Wildman–Crippen MR) is 49.8 cm³/mol. The average Bonchev–Trinajstić information content (AvgIpc) is 2.54. The van der Waals surface area contributed by atoms with Crippen molar-refractivity contribution in [3.05, 3.63) is 42.0 Å². The number of hydrogen-bond donors (Lipinski definition) is 0. The van der Waals surface area contributed by atoms with Crippen LogP contribution in [0.2, 0.25) is 0 Å². The Bertz CT molecular complexity index is 341. The van der Waals surface area contributed by atoms with E-state index >= 15 is 0 Å². The van der Waals surface area contributed by atoms with E-state index in [1.54, 1.807) is 6.08 Å². The lowest BCUT2D eigenvalue weighted by atomic mass is 10.2. The van der Waals surface area contributed by atoms with Crippen molar-refractivity contribution in [2.45, 2.75) is 0 Å². The summed E-state index contributed by atoms with van der Waals surface area (Å²) in [5.74, 6) is 0. The highest BCUT2D eigenvalue weighted by Gasteiger charge is 2.08. The molecule has 0 amide bonds. The van der Waals surface area contributed by atoms with Gasteiger partial charge in [-0.1, -0.05) is 41.9 Å². The molecule has 1 radical (unpaired) electrons. The van der Waals surface area contributed by atoms with Crippen molar-refractivity contribution in [2.75, 3.05) is 0 Å². The summed E-state index contributed by atoms with van der Waals surface area (Å²) in [5, 5.41) is 4.15. The smallest absolute Gasteiger partial charge is 0.149 e. The van der Waals surface area contributed by atoms with Gasteiger partial charge in [0.05, 0.1) is 5.70 Å². The molecule has 1 aromatic rings. The summed E-state index contributed by atoms with van der Waals surface area (Å²) in [4.78, 5) is 0. The molecule has 59 valence electrons. The quantitative estimate of drug-likeness (QED) is 0.629. The van der Waals surface area contributed by atoms with E-state index in [2.05, 4.69) is 10.5 Å². The SMILES string of the molecule is ClC1=N[N]C(c2ccccc2)=C1. The molecule has 0 aromatic heterocycles. The van der Waals surface area contributed by atoms with Gasteiger partial charge in [-0.2, -0.15) is 0 Å². The van der Waals surface area contributed by atoms with E-state index in [0.29, 0.717) is 5.17 Å². The normalized spacial score (nSPS) is 15.1. The fourth-order valence-corrected chi connectivity index (χ4v) is 1.16. The third-order valence-corrected chi connectivity index (χ3v) is 1.76. The van der Waals surface area contributed by atoms with Crippen LogP contribution in [0.1, 0.15) is 5.56 Å². The Balaban J connectivity index is 2.30. The molecule has 0 atom stereocenters. The maximum Gasteiger partial charge on any atom is 0.153 e. The van der Waals surface area contributed by atoms with Crippen molar-refractivity contribution in [3.63, 3.8) is 0 Å². The lowest BCUT2D eigenvalue weighted by molar-refractivity contribution is 0.997. The van der Waals surface area contributed by atoms with E-state index in [-0.39, 0.29) is 0 Å². The molecule has 0 spiro atoms. The Kier molecular flexibility index (Phi) is 1.84. The molecule has 0 N–H and O–H groups in total. The van der Waals surface area contributed by atoms with E-state index in [1.165, 1.54) is 0 Å². The van der Waals surface area contributed by atoms with Gasteiger partial charge in [-0.15, -0.1) is 10.5 Å². The van der Waals surface area contributed by atoms with Crippen LogP contribution in [0.4, 0.5) is 0 Å². The third kappa shape index (κ3) is 1.34. The molecule has 0 unspecified atom stereocenters. The van der Waals surface area contributed by atoms with Gasteiger partial charge in [-0.3, -0.25) is 0 Å². The Morgan fingerprint density at radius 3 is 2.42 bits per heavy atom. The Morgan fingerprint density at radius 2 is 1.83 bits per heavy atom. The highest BCUT2D eigenvalue weighted by atomic mass is 35.5. The van der Waals surface area contributed by atoms with E-state index in [4.69, 9.17) is 11.6 Å². The van der Waals surface area contributed by atoms with Gasteiger partial charge >= 0.3 is 0 Å². The van der Waals surface area contributed by atoms with Gasteiger partial charge in [0, 0.05) is 11.6 Å². The van der Waals surface area contributed by atoms with Gasteiger partial charge < -0.3 is 0 Å². The molecule has 0 saturated carbocycles. The summed E-state index contributed by atoms with van der Waals surface area (Å²) in [6.07, 6.45) is 1.75. The fraction of sp³-hybridized carbons (Fsp3) is 0. The largest absolute Gasteiger partial charge is 0.153 e. The topological polar surface area (TPSA) is 26.5 Å². The zero-order valence-corrected chi connectivity index (χ0v) is 6.99. The van der Waals surface area contributed by atoms with Crippen molar-refractivity contribution < 1.29 is 0 Å². The zero-order chi connectivity index (χ0) is 8.39. The summed E-state index contributed by atoms with van der Waals surface area (Å²) < 4.78 is 0. The van der Waals surface area contributed by atoms with Crippen molar-refractivity contribution in [3.8, 4) is 0 Å². The van der Waals surface area contributed by atoms with Gasteiger partial charge in [-0.05, 0) is 0 Å². The minimum Gasteiger partial charge on any atom is -0.149 e. The van der Waals surface area contributed by atoms with Crippen molar-refractivity contribution in [1.29, 1.82) is 0 Å². The van der Waals surface area contributed by atoms with Crippen molar-refractivity contribution >= 4 is 22.5 Å². The first-order chi connectivity index (χ1) is 5.86. The number of benzene rings is 1. The van der Waals surface area contributed by atoms with Gasteiger partial charge in [0.1, 0.15) is 0 Å². The van der Waals surface area contributed by atoms with Crippen LogP contribution in [-0.4, -0.2) is 5.17 Å². The van der Waals surface area contributed by atoms with Crippen LogP contribution in [-0.2, 0) is 0 Å². The molecule has 1 heterocycles. The van der Waals surface area contributed by atoms with Crippen LogP contribution < -0.4 is 5.43 Å². The summed E-state index contributed by atoms with van der Waals surface area (Å²) >= 11 is 5.64. The van der Waals surface area contributed by atoms with E-state index in [9.17, 15) is 0 Å². The minimum absolute atomic E-state index is 0.439. The second-order valence-corrected chi connectivity index (χ2v) is 2.81. The Hall–Kier alpha value is -1.28.